The standard InChI is InChI=1S/C40H78O/c1-5-9-13-17-21-23-25-29-33-37-39(35-31-27-19-15-11-7-3)41-40(36-32-28-20-16-12-8-4)38-34-30-26-24-22-18-14-10-6-2/h35-36H,5-34,37-38H2,1-4H3. The van der Waals surface area contributed by atoms with Gasteiger partial charge >= 0.3 is 0 Å². The number of unbranched alkanes of at least 4 members (excludes halogenated alkanes) is 26. The van der Waals surface area contributed by atoms with Crippen molar-refractivity contribution in [2.75, 3.05) is 0 Å². The highest BCUT2D eigenvalue weighted by atomic mass is 16.5. The molecule has 0 fully saturated rings. The Morgan fingerprint density at radius 2 is 0.561 bits per heavy atom. The molecule has 0 atom stereocenters. The van der Waals surface area contributed by atoms with Crippen LogP contribution in [0.5, 0.6) is 0 Å². The molecule has 0 bridgehead atoms. The number of rotatable bonds is 34. The minimum Gasteiger partial charge on any atom is -0.467 e. The average molecular weight is 575 g/mol. The zero-order valence-electron chi connectivity index (χ0n) is 29.2. The van der Waals surface area contributed by atoms with E-state index in [9.17, 15) is 0 Å². The van der Waals surface area contributed by atoms with Gasteiger partial charge in [-0.15, -0.1) is 0 Å². The van der Waals surface area contributed by atoms with E-state index in [1.165, 1.54) is 204 Å². The highest BCUT2D eigenvalue weighted by molar-refractivity contribution is 5.02. The van der Waals surface area contributed by atoms with E-state index in [2.05, 4.69) is 39.8 Å². The van der Waals surface area contributed by atoms with E-state index in [0.717, 1.165) is 12.8 Å². The Labute approximate surface area is 261 Å². The summed E-state index contributed by atoms with van der Waals surface area (Å²) < 4.78 is 6.77. The summed E-state index contributed by atoms with van der Waals surface area (Å²) in [6.07, 6.45) is 48.3. The highest BCUT2D eigenvalue weighted by Gasteiger charge is 2.06. The summed E-state index contributed by atoms with van der Waals surface area (Å²) in [4.78, 5) is 0. The van der Waals surface area contributed by atoms with Crippen LogP contribution in [0.25, 0.3) is 0 Å². The Morgan fingerprint density at radius 3 is 0.854 bits per heavy atom. The fraction of sp³-hybridized carbons (Fsp3) is 0.900. The Kier molecular flexibility index (Phi) is 34.9. The molecular weight excluding hydrogens is 496 g/mol. The third-order valence-electron chi connectivity index (χ3n) is 8.68. The Balaban J connectivity index is 4.78. The van der Waals surface area contributed by atoms with Crippen LogP contribution in [0.3, 0.4) is 0 Å². The fourth-order valence-corrected chi connectivity index (χ4v) is 5.80. The summed E-state index contributed by atoms with van der Waals surface area (Å²) in [6.45, 7) is 9.23. The van der Waals surface area contributed by atoms with Crippen molar-refractivity contribution in [1.82, 2.24) is 0 Å². The van der Waals surface area contributed by atoms with Crippen LogP contribution in [-0.2, 0) is 4.74 Å². The molecule has 0 spiro atoms. The van der Waals surface area contributed by atoms with E-state index in [0.29, 0.717) is 0 Å². The van der Waals surface area contributed by atoms with Gasteiger partial charge in [0.05, 0.1) is 11.5 Å². The molecule has 0 amide bonds. The van der Waals surface area contributed by atoms with Gasteiger partial charge in [0.25, 0.3) is 0 Å². The predicted molar refractivity (Wildman–Crippen MR) is 188 cm³/mol. The summed E-state index contributed by atoms with van der Waals surface area (Å²) in [7, 11) is 0. The Bertz CT molecular complexity index is 497. The van der Waals surface area contributed by atoms with Gasteiger partial charge in [0.15, 0.2) is 0 Å². The van der Waals surface area contributed by atoms with Crippen molar-refractivity contribution in [3.05, 3.63) is 23.7 Å². The van der Waals surface area contributed by atoms with Crippen molar-refractivity contribution in [2.45, 2.75) is 233 Å². The normalized spacial score (nSPS) is 12.4. The molecule has 0 aromatic carbocycles. The largest absolute Gasteiger partial charge is 0.467 e. The van der Waals surface area contributed by atoms with E-state index in [-0.39, 0.29) is 0 Å². The molecule has 0 N–H and O–H groups in total. The first-order valence-corrected chi connectivity index (χ1v) is 19.3. The van der Waals surface area contributed by atoms with Gasteiger partial charge in [-0.25, -0.2) is 0 Å². The molecular formula is C40H78O. The average Bonchev–Trinajstić information content (AvgIpc) is 2.98. The van der Waals surface area contributed by atoms with Crippen molar-refractivity contribution in [1.29, 1.82) is 0 Å². The maximum Gasteiger partial charge on any atom is 0.0996 e. The summed E-state index contributed by atoms with van der Waals surface area (Å²) in [6, 6.07) is 0. The number of hydrogen-bond acceptors (Lipinski definition) is 1. The molecule has 0 aromatic heterocycles. The van der Waals surface area contributed by atoms with Gasteiger partial charge < -0.3 is 4.74 Å². The molecule has 0 saturated carbocycles. The number of allylic oxidation sites excluding steroid dienone is 4. The zero-order chi connectivity index (χ0) is 29.9. The molecule has 41 heavy (non-hydrogen) atoms. The van der Waals surface area contributed by atoms with E-state index in [1.807, 2.05) is 0 Å². The lowest BCUT2D eigenvalue weighted by atomic mass is 10.0. The number of ether oxygens (including phenoxy) is 1. The summed E-state index contributed by atoms with van der Waals surface area (Å²) >= 11 is 0. The van der Waals surface area contributed by atoms with Crippen molar-refractivity contribution < 1.29 is 4.74 Å². The van der Waals surface area contributed by atoms with E-state index in [4.69, 9.17) is 4.74 Å². The number of hydrogen-bond donors (Lipinski definition) is 0. The molecule has 0 aliphatic carbocycles. The Morgan fingerprint density at radius 1 is 0.317 bits per heavy atom. The topological polar surface area (TPSA) is 9.23 Å². The molecule has 1 nitrogen and oxygen atoms in total. The van der Waals surface area contributed by atoms with Gasteiger partial charge in [-0.2, -0.15) is 0 Å². The van der Waals surface area contributed by atoms with Crippen molar-refractivity contribution in [3.8, 4) is 0 Å². The minimum absolute atomic E-state index is 1.14. The second-order valence-corrected chi connectivity index (χ2v) is 13.0. The molecule has 0 heterocycles. The van der Waals surface area contributed by atoms with Gasteiger partial charge in [0, 0.05) is 12.8 Å². The lowest BCUT2D eigenvalue weighted by molar-refractivity contribution is 0.266. The van der Waals surface area contributed by atoms with Crippen molar-refractivity contribution >= 4 is 0 Å². The molecule has 0 radical (unpaired) electrons. The SMILES string of the molecule is CCCCCCCC=C(CCCCCCCCCCC)OC(=CCCCCCCC)CCCCCCCCCCC. The first-order chi connectivity index (χ1) is 20.3. The van der Waals surface area contributed by atoms with Crippen LogP contribution in [0.2, 0.25) is 0 Å². The van der Waals surface area contributed by atoms with E-state index >= 15 is 0 Å². The predicted octanol–water partition coefficient (Wildman–Crippen LogP) is 15.3. The van der Waals surface area contributed by atoms with Crippen LogP contribution in [0.4, 0.5) is 0 Å². The maximum atomic E-state index is 6.77. The second-order valence-electron chi connectivity index (χ2n) is 13.0. The van der Waals surface area contributed by atoms with Gasteiger partial charge in [-0.05, 0) is 50.7 Å². The lowest BCUT2D eigenvalue weighted by Crippen LogP contribution is -1.97. The first-order valence-electron chi connectivity index (χ1n) is 19.3. The molecule has 0 rings (SSSR count). The summed E-state index contributed by atoms with van der Waals surface area (Å²) in [5.41, 5.74) is 0. The highest BCUT2D eigenvalue weighted by Crippen LogP contribution is 2.23. The smallest absolute Gasteiger partial charge is 0.0996 e. The van der Waals surface area contributed by atoms with Gasteiger partial charge in [0.2, 0.25) is 0 Å². The molecule has 0 aromatic rings. The van der Waals surface area contributed by atoms with Crippen LogP contribution in [0.1, 0.15) is 233 Å². The van der Waals surface area contributed by atoms with Gasteiger partial charge in [-0.1, -0.05) is 182 Å². The molecule has 0 saturated heterocycles. The zero-order valence-corrected chi connectivity index (χ0v) is 29.2. The molecule has 0 aliphatic rings. The fourth-order valence-electron chi connectivity index (χ4n) is 5.80. The van der Waals surface area contributed by atoms with Crippen LogP contribution >= 0.6 is 0 Å². The molecule has 244 valence electrons. The third-order valence-corrected chi connectivity index (χ3v) is 8.68. The first kappa shape index (κ1) is 40.3. The van der Waals surface area contributed by atoms with Crippen LogP contribution in [-0.4, -0.2) is 0 Å². The van der Waals surface area contributed by atoms with Crippen LogP contribution in [0, 0.1) is 0 Å². The van der Waals surface area contributed by atoms with Crippen LogP contribution < -0.4 is 0 Å². The minimum atomic E-state index is 1.14. The Hall–Kier alpha value is -0.720. The van der Waals surface area contributed by atoms with Crippen LogP contribution in [0.15, 0.2) is 23.7 Å². The maximum absolute atomic E-state index is 6.77. The van der Waals surface area contributed by atoms with Crippen molar-refractivity contribution in [3.63, 3.8) is 0 Å². The summed E-state index contributed by atoms with van der Waals surface area (Å²) in [5.74, 6) is 2.58. The lowest BCUT2D eigenvalue weighted by Gasteiger charge is -2.15. The quantitative estimate of drug-likeness (QED) is 0.0548. The van der Waals surface area contributed by atoms with E-state index < -0.39 is 0 Å². The second kappa shape index (κ2) is 35.5. The summed E-state index contributed by atoms with van der Waals surface area (Å²) in [5, 5.41) is 0. The van der Waals surface area contributed by atoms with Crippen molar-refractivity contribution in [2.24, 2.45) is 0 Å². The molecule has 0 unspecified atom stereocenters. The van der Waals surface area contributed by atoms with E-state index in [1.54, 1.807) is 0 Å². The molecule has 1 heteroatoms. The molecule has 0 aliphatic heterocycles. The third kappa shape index (κ3) is 32.0. The monoisotopic (exact) mass is 575 g/mol. The van der Waals surface area contributed by atoms with Gasteiger partial charge in [0.1, 0.15) is 0 Å². The van der Waals surface area contributed by atoms with Gasteiger partial charge in [-0.3, -0.25) is 0 Å².